The fourth-order valence-corrected chi connectivity index (χ4v) is 2.49. The first-order chi connectivity index (χ1) is 9.77. The Morgan fingerprint density at radius 2 is 2.10 bits per heavy atom. The average Bonchev–Trinajstić information content (AvgIpc) is 2.50. The maximum Gasteiger partial charge on any atom is 0.256 e. The Morgan fingerprint density at radius 3 is 2.85 bits per heavy atom. The molecule has 0 saturated carbocycles. The van der Waals surface area contributed by atoms with Gasteiger partial charge in [0.2, 0.25) is 0 Å². The predicted octanol–water partition coefficient (Wildman–Crippen LogP) is 2.72. The highest BCUT2D eigenvalue weighted by Gasteiger charge is 2.17. The van der Waals surface area contributed by atoms with Crippen LogP contribution >= 0.6 is 15.9 Å². The van der Waals surface area contributed by atoms with Crippen molar-refractivity contribution in [1.82, 2.24) is 9.88 Å². The molecule has 0 aliphatic carbocycles. The number of halogens is 1. The van der Waals surface area contributed by atoms with Crippen LogP contribution in [-0.4, -0.2) is 47.9 Å². The van der Waals surface area contributed by atoms with Crippen LogP contribution in [0, 0.1) is 0 Å². The molecule has 0 fully saturated rings. The summed E-state index contributed by atoms with van der Waals surface area (Å²) in [5, 5.41) is 1.71. The molecule has 0 bridgehead atoms. The van der Waals surface area contributed by atoms with Crippen molar-refractivity contribution < 1.29 is 9.53 Å². The van der Waals surface area contributed by atoms with E-state index in [4.69, 9.17) is 4.74 Å². The highest BCUT2D eigenvalue weighted by molar-refractivity contribution is 9.09. The molecule has 2 aromatic rings. The van der Waals surface area contributed by atoms with Gasteiger partial charge < -0.3 is 9.64 Å². The van der Waals surface area contributed by atoms with Crippen LogP contribution in [0.3, 0.4) is 0 Å². The van der Waals surface area contributed by atoms with Crippen LogP contribution < -0.4 is 0 Å². The minimum atomic E-state index is -0.00852. The Morgan fingerprint density at radius 1 is 1.30 bits per heavy atom. The summed E-state index contributed by atoms with van der Waals surface area (Å²) in [6.07, 6.45) is 1.71. The molecule has 20 heavy (non-hydrogen) atoms. The molecule has 0 saturated heterocycles. The van der Waals surface area contributed by atoms with E-state index >= 15 is 0 Å². The van der Waals surface area contributed by atoms with Crippen LogP contribution in [0.15, 0.2) is 36.5 Å². The molecule has 0 aliphatic rings. The molecule has 0 aliphatic heterocycles. The van der Waals surface area contributed by atoms with Gasteiger partial charge >= 0.3 is 0 Å². The number of amides is 1. The van der Waals surface area contributed by atoms with Gasteiger partial charge in [0.1, 0.15) is 0 Å². The molecule has 1 amide bonds. The van der Waals surface area contributed by atoms with Gasteiger partial charge in [0.05, 0.1) is 17.7 Å². The first-order valence-corrected chi connectivity index (χ1v) is 7.58. The number of rotatable bonds is 6. The quantitative estimate of drug-likeness (QED) is 0.761. The molecule has 1 aromatic heterocycles. The molecule has 2 rings (SSSR count). The lowest BCUT2D eigenvalue weighted by Crippen LogP contribution is -2.35. The van der Waals surface area contributed by atoms with E-state index < -0.39 is 0 Å². The van der Waals surface area contributed by atoms with E-state index in [0.717, 1.165) is 16.2 Å². The van der Waals surface area contributed by atoms with Crippen molar-refractivity contribution in [3.63, 3.8) is 0 Å². The first-order valence-electron chi connectivity index (χ1n) is 6.46. The zero-order valence-electron chi connectivity index (χ0n) is 11.4. The molecule has 0 N–H and O–H groups in total. The number of ether oxygens (including phenoxy) is 1. The van der Waals surface area contributed by atoms with E-state index in [1.54, 1.807) is 18.2 Å². The van der Waals surface area contributed by atoms with E-state index in [2.05, 4.69) is 20.9 Å². The molecule has 0 spiro atoms. The zero-order chi connectivity index (χ0) is 14.4. The number of nitrogens with zero attached hydrogens (tertiary/aromatic N) is 2. The van der Waals surface area contributed by atoms with Crippen LogP contribution in [0.5, 0.6) is 0 Å². The van der Waals surface area contributed by atoms with Gasteiger partial charge in [-0.2, -0.15) is 0 Å². The molecule has 1 aromatic carbocycles. The average molecular weight is 337 g/mol. The first kappa shape index (κ1) is 14.9. The second-order valence-corrected chi connectivity index (χ2v) is 5.15. The Hall–Kier alpha value is -1.46. The fraction of sp³-hybridized carbons (Fsp3) is 0.333. The van der Waals surface area contributed by atoms with Gasteiger partial charge in [-0.25, -0.2) is 0 Å². The summed E-state index contributed by atoms with van der Waals surface area (Å²) >= 11 is 3.38. The third-order valence-electron chi connectivity index (χ3n) is 3.07. The number of hydrogen-bond acceptors (Lipinski definition) is 3. The summed E-state index contributed by atoms with van der Waals surface area (Å²) < 4.78 is 5.07. The number of hydrogen-bond donors (Lipinski definition) is 0. The number of carbonyl (C=O) groups is 1. The van der Waals surface area contributed by atoms with Crippen molar-refractivity contribution in [2.75, 3.05) is 32.1 Å². The van der Waals surface area contributed by atoms with Crippen LogP contribution in [0.2, 0.25) is 0 Å². The van der Waals surface area contributed by atoms with Crippen LogP contribution in [0.4, 0.5) is 0 Å². The smallest absolute Gasteiger partial charge is 0.256 e. The third kappa shape index (κ3) is 3.35. The SMILES string of the molecule is COCCN(CCBr)C(=O)c1cccc2cccnc12. The lowest BCUT2D eigenvalue weighted by Gasteiger charge is -2.21. The van der Waals surface area contributed by atoms with E-state index in [0.29, 0.717) is 25.3 Å². The number of benzene rings is 1. The van der Waals surface area contributed by atoms with Gasteiger partial charge in [-0.05, 0) is 12.1 Å². The summed E-state index contributed by atoms with van der Waals surface area (Å²) in [6.45, 7) is 1.74. The molecule has 0 atom stereocenters. The number of aromatic nitrogens is 1. The maximum atomic E-state index is 12.7. The van der Waals surface area contributed by atoms with E-state index in [1.807, 2.05) is 30.3 Å². The number of fused-ring (bicyclic) bond motifs is 1. The fourth-order valence-electron chi connectivity index (χ4n) is 2.07. The highest BCUT2D eigenvalue weighted by atomic mass is 79.9. The van der Waals surface area contributed by atoms with Gasteiger partial charge in [-0.1, -0.05) is 34.1 Å². The molecule has 4 nitrogen and oxygen atoms in total. The Balaban J connectivity index is 2.33. The van der Waals surface area contributed by atoms with Crippen LogP contribution in [0.25, 0.3) is 10.9 Å². The molecule has 1 heterocycles. The van der Waals surface area contributed by atoms with Gasteiger partial charge in [0.15, 0.2) is 0 Å². The predicted molar refractivity (Wildman–Crippen MR) is 83.3 cm³/mol. The molecule has 0 radical (unpaired) electrons. The van der Waals surface area contributed by atoms with Crippen molar-refractivity contribution in [2.24, 2.45) is 0 Å². The summed E-state index contributed by atoms with van der Waals surface area (Å²) in [7, 11) is 1.64. The molecule has 106 valence electrons. The van der Waals surface area contributed by atoms with Gasteiger partial charge in [0, 0.05) is 37.1 Å². The lowest BCUT2D eigenvalue weighted by atomic mass is 10.1. The van der Waals surface area contributed by atoms with E-state index in [-0.39, 0.29) is 5.91 Å². The van der Waals surface area contributed by atoms with Crippen molar-refractivity contribution in [1.29, 1.82) is 0 Å². The van der Waals surface area contributed by atoms with Gasteiger partial charge in [-0.15, -0.1) is 0 Å². The third-order valence-corrected chi connectivity index (χ3v) is 3.42. The number of methoxy groups -OCH3 is 1. The van der Waals surface area contributed by atoms with Crippen molar-refractivity contribution in [3.05, 3.63) is 42.1 Å². The second-order valence-electron chi connectivity index (χ2n) is 4.35. The Bertz CT molecular complexity index is 584. The highest BCUT2D eigenvalue weighted by Crippen LogP contribution is 2.17. The van der Waals surface area contributed by atoms with Gasteiger partial charge in [-0.3, -0.25) is 9.78 Å². The minimum absolute atomic E-state index is 0.00852. The van der Waals surface area contributed by atoms with Crippen LogP contribution in [0.1, 0.15) is 10.4 Å². The number of para-hydroxylation sites is 1. The normalized spacial score (nSPS) is 10.7. The molecule has 0 unspecified atom stereocenters. The van der Waals surface area contributed by atoms with Crippen molar-refractivity contribution >= 4 is 32.7 Å². The summed E-state index contributed by atoms with van der Waals surface area (Å²) in [5.41, 5.74) is 1.39. The minimum Gasteiger partial charge on any atom is -0.383 e. The zero-order valence-corrected chi connectivity index (χ0v) is 13.0. The maximum absolute atomic E-state index is 12.7. The summed E-state index contributed by atoms with van der Waals surface area (Å²) in [6, 6.07) is 9.51. The van der Waals surface area contributed by atoms with Crippen molar-refractivity contribution in [2.45, 2.75) is 0 Å². The van der Waals surface area contributed by atoms with E-state index in [1.165, 1.54) is 0 Å². The molecular formula is C15H17BrN2O2. The monoisotopic (exact) mass is 336 g/mol. The molecular weight excluding hydrogens is 320 g/mol. The van der Waals surface area contributed by atoms with Crippen molar-refractivity contribution in [3.8, 4) is 0 Å². The Labute approximate surface area is 126 Å². The van der Waals surface area contributed by atoms with Gasteiger partial charge in [0.25, 0.3) is 5.91 Å². The van der Waals surface area contributed by atoms with Crippen LogP contribution in [-0.2, 0) is 4.74 Å². The second kappa shape index (κ2) is 7.36. The number of carbonyl (C=O) groups excluding carboxylic acids is 1. The number of pyridine rings is 1. The summed E-state index contributed by atoms with van der Waals surface area (Å²) in [4.78, 5) is 18.8. The molecule has 5 heteroatoms. The lowest BCUT2D eigenvalue weighted by molar-refractivity contribution is 0.0710. The number of alkyl halides is 1. The summed E-state index contributed by atoms with van der Waals surface area (Å²) in [5.74, 6) is -0.00852. The standard InChI is InChI=1S/C15H17BrN2O2/c1-20-11-10-18(9-7-16)15(19)13-6-2-4-12-5-3-8-17-14(12)13/h2-6,8H,7,9-11H2,1H3. The van der Waals surface area contributed by atoms with E-state index in [9.17, 15) is 4.79 Å². The largest absolute Gasteiger partial charge is 0.383 e. The Kier molecular flexibility index (Phi) is 5.49. The topological polar surface area (TPSA) is 42.4 Å².